The van der Waals surface area contributed by atoms with Crippen LogP contribution < -0.4 is 19.5 Å². The minimum Gasteiger partial charge on any atom is -0.486 e. The lowest BCUT2D eigenvalue weighted by atomic mass is 10.1. The predicted octanol–water partition coefficient (Wildman–Crippen LogP) is 4.13. The number of aryl methyl sites for hydroxylation is 2. The Morgan fingerprint density at radius 2 is 1.52 bits per heavy atom. The van der Waals surface area contributed by atoms with Crippen molar-refractivity contribution in [3.63, 3.8) is 0 Å². The molecule has 3 aromatic rings. The van der Waals surface area contributed by atoms with Crippen LogP contribution in [0.25, 0.3) is 0 Å². The zero-order valence-electron chi connectivity index (χ0n) is 17.1. The zero-order chi connectivity index (χ0) is 22.0. The van der Waals surface area contributed by atoms with Crippen LogP contribution in [-0.4, -0.2) is 27.5 Å². The number of rotatable bonds is 5. The third-order valence-electron chi connectivity index (χ3n) is 4.86. The first kappa shape index (κ1) is 20.7. The van der Waals surface area contributed by atoms with Gasteiger partial charge in [-0.15, -0.1) is 0 Å². The summed E-state index contributed by atoms with van der Waals surface area (Å²) < 4.78 is 38.9. The molecule has 8 heteroatoms. The van der Waals surface area contributed by atoms with Gasteiger partial charge in [0.15, 0.2) is 11.5 Å². The Morgan fingerprint density at radius 1 is 0.839 bits per heavy atom. The van der Waals surface area contributed by atoms with E-state index in [2.05, 4.69) is 10.0 Å². The van der Waals surface area contributed by atoms with Crippen molar-refractivity contribution in [2.24, 2.45) is 0 Å². The molecule has 0 atom stereocenters. The third kappa shape index (κ3) is 4.64. The maximum Gasteiger partial charge on any atom is 0.262 e. The number of hydrogen-bond acceptors (Lipinski definition) is 5. The van der Waals surface area contributed by atoms with Gasteiger partial charge in [-0.1, -0.05) is 17.7 Å². The van der Waals surface area contributed by atoms with E-state index in [4.69, 9.17) is 9.47 Å². The Balaban J connectivity index is 1.47. The van der Waals surface area contributed by atoms with Crippen LogP contribution in [0, 0.1) is 13.8 Å². The van der Waals surface area contributed by atoms with Crippen molar-refractivity contribution in [1.29, 1.82) is 0 Å². The van der Waals surface area contributed by atoms with Crippen LogP contribution in [0.5, 0.6) is 11.5 Å². The van der Waals surface area contributed by atoms with Gasteiger partial charge in [0.25, 0.3) is 15.9 Å². The van der Waals surface area contributed by atoms with Crippen LogP contribution in [0.1, 0.15) is 21.5 Å². The van der Waals surface area contributed by atoms with E-state index >= 15 is 0 Å². The van der Waals surface area contributed by atoms with Gasteiger partial charge >= 0.3 is 0 Å². The molecule has 0 aromatic heterocycles. The zero-order valence-corrected chi connectivity index (χ0v) is 18.0. The van der Waals surface area contributed by atoms with Crippen LogP contribution in [0.3, 0.4) is 0 Å². The van der Waals surface area contributed by atoms with Crippen molar-refractivity contribution in [1.82, 2.24) is 0 Å². The highest BCUT2D eigenvalue weighted by Gasteiger charge is 2.19. The SMILES string of the molecule is Cc1ccc(C)c(C(=O)Nc2ccc(NS(=O)(=O)c3ccc4c(c3)OCCO4)cc2)c1. The summed E-state index contributed by atoms with van der Waals surface area (Å²) in [5, 5.41) is 2.84. The summed E-state index contributed by atoms with van der Waals surface area (Å²) in [6.45, 7) is 4.62. The van der Waals surface area contributed by atoms with Crippen molar-refractivity contribution in [2.45, 2.75) is 18.7 Å². The highest BCUT2D eigenvalue weighted by atomic mass is 32.2. The molecule has 0 bridgehead atoms. The second-order valence-electron chi connectivity index (χ2n) is 7.26. The number of amides is 1. The molecule has 1 heterocycles. The van der Waals surface area contributed by atoms with Crippen LogP contribution in [0.15, 0.2) is 65.6 Å². The highest BCUT2D eigenvalue weighted by molar-refractivity contribution is 7.92. The number of anilines is 2. The van der Waals surface area contributed by atoms with Gasteiger partial charge in [0, 0.05) is 23.0 Å². The lowest BCUT2D eigenvalue weighted by Gasteiger charge is -2.19. The molecule has 7 nitrogen and oxygen atoms in total. The second-order valence-corrected chi connectivity index (χ2v) is 8.94. The predicted molar refractivity (Wildman–Crippen MR) is 119 cm³/mol. The average molecular weight is 439 g/mol. The average Bonchev–Trinajstić information content (AvgIpc) is 2.76. The normalized spacial score (nSPS) is 12.8. The molecule has 2 N–H and O–H groups in total. The molecule has 31 heavy (non-hydrogen) atoms. The molecule has 0 spiro atoms. The van der Waals surface area contributed by atoms with E-state index in [1.807, 2.05) is 32.0 Å². The van der Waals surface area contributed by atoms with Crippen LogP contribution >= 0.6 is 0 Å². The molecule has 4 rings (SSSR count). The minimum absolute atomic E-state index is 0.0732. The summed E-state index contributed by atoms with van der Waals surface area (Å²) in [7, 11) is -3.81. The van der Waals surface area contributed by atoms with Gasteiger partial charge in [0.05, 0.1) is 4.90 Å². The number of fused-ring (bicyclic) bond motifs is 1. The molecule has 160 valence electrons. The maximum atomic E-state index is 12.7. The highest BCUT2D eigenvalue weighted by Crippen LogP contribution is 2.32. The Kier molecular flexibility index (Phi) is 5.56. The van der Waals surface area contributed by atoms with Gasteiger partial charge in [0.1, 0.15) is 13.2 Å². The topological polar surface area (TPSA) is 93.7 Å². The van der Waals surface area contributed by atoms with E-state index in [1.54, 1.807) is 30.3 Å². The Bertz CT molecular complexity index is 1240. The molecular weight excluding hydrogens is 416 g/mol. The summed E-state index contributed by atoms with van der Waals surface area (Å²) in [5.74, 6) is 0.707. The number of carbonyl (C=O) groups excluding carboxylic acids is 1. The third-order valence-corrected chi connectivity index (χ3v) is 6.24. The maximum absolute atomic E-state index is 12.7. The van der Waals surface area contributed by atoms with Gasteiger partial charge in [-0.2, -0.15) is 0 Å². The van der Waals surface area contributed by atoms with E-state index in [9.17, 15) is 13.2 Å². The van der Waals surface area contributed by atoms with E-state index in [0.29, 0.717) is 41.7 Å². The fourth-order valence-electron chi connectivity index (χ4n) is 3.21. The van der Waals surface area contributed by atoms with E-state index < -0.39 is 10.0 Å². The summed E-state index contributed by atoms with van der Waals surface area (Å²) in [4.78, 5) is 12.6. The van der Waals surface area contributed by atoms with Gasteiger partial charge in [-0.05, 0) is 61.9 Å². The quantitative estimate of drug-likeness (QED) is 0.625. The molecule has 1 aliphatic rings. The van der Waals surface area contributed by atoms with Gasteiger partial charge in [-0.3, -0.25) is 9.52 Å². The smallest absolute Gasteiger partial charge is 0.262 e. The number of ether oxygens (including phenoxy) is 2. The van der Waals surface area contributed by atoms with Crippen molar-refractivity contribution >= 4 is 27.3 Å². The molecule has 1 amide bonds. The number of benzene rings is 3. The molecule has 1 aliphatic heterocycles. The first-order chi connectivity index (χ1) is 14.8. The van der Waals surface area contributed by atoms with Crippen LogP contribution in [0.2, 0.25) is 0 Å². The molecule has 0 unspecified atom stereocenters. The monoisotopic (exact) mass is 438 g/mol. The molecule has 0 fully saturated rings. The van der Waals surface area contributed by atoms with Crippen molar-refractivity contribution in [2.75, 3.05) is 23.3 Å². The molecule has 0 saturated heterocycles. The standard InChI is InChI=1S/C23H22N2O5S/c1-15-3-4-16(2)20(13-15)23(26)24-17-5-7-18(8-6-17)25-31(27,28)19-9-10-21-22(14-19)30-12-11-29-21/h3-10,13-14,25H,11-12H2,1-2H3,(H,24,26). The van der Waals surface area contributed by atoms with Gasteiger partial charge < -0.3 is 14.8 Å². The summed E-state index contributed by atoms with van der Waals surface area (Å²) in [6, 6.07) is 16.6. The molecular formula is C23H22N2O5S. The summed E-state index contributed by atoms with van der Waals surface area (Å²) in [6.07, 6.45) is 0. The van der Waals surface area contributed by atoms with Crippen LogP contribution in [0.4, 0.5) is 11.4 Å². The van der Waals surface area contributed by atoms with Crippen LogP contribution in [-0.2, 0) is 10.0 Å². The first-order valence-corrected chi connectivity index (χ1v) is 11.2. The number of carbonyl (C=O) groups is 1. The van der Waals surface area contributed by atoms with Crippen molar-refractivity contribution in [3.05, 3.63) is 77.4 Å². The lowest BCUT2D eigenvalue weighted by molar-refractivity contribution is 0.102. The van der Waals surface area contributed by atoms with Gasteiger partial charge in [0.2, 0.25) is 0 Å². The largest absolute Gasteiger partial charge is 0.486 e. The summed E-state index contributed by atoms with van der Waals surface area (Å²) >= 11 is 0. The molecule has 0 radical (unpaired) electrons. The van der Waals surface area contributed by atoms with E-state index in [-0.39, 0.29) is 10.8 Å². The number of sulfonamides is 1. The fourth-order valence-corrected chi connectivity index (χ4v) is 4.28. The van der Waals surface area contributed by atoms with Crippen molar-refractivity contribution < 1.29 is 22.7 Å². The second kappa shape index (κ2) is 8.31. The molecule has 0 aliphatic carbocycles. The summed E-state index contributed by atoms with van der Waals surface area (Å²) in [5.41, 5.74) is 3.42. The molecule has 0 saturated carbocycles. The Morgan fingerprint density at radius 3 is 2.26 bits per heavy atom. The van der Waals surface area contributed by atoms with Gasteiger partial charge in [-0.25, -0.2) is 8.42 Å². The first-order valence-electron chi connectivity index (χ1n) is 9.73. The van der Waals surface area contributed by atoms with E-state index in [1.165, 1.54) is 12.1 Å². The Labute approximate surface area is 181 Å². The fraction of sp³-hybridized carbons (Fsp3) is 0.174. The van der Waals surface area contributed by atoms with Crippen molar-refractivity contribution in [3.8, 4) is 11.5 Å². The molecule has 3 aromatic carbocycles. The number of nitrogens with one attached hydrogen (secondary N) is 2. The lowest BCUT2D eigenvalue weighted by Crippen LogP contribution is -2.17. The minimum atomic E-state index is -3.81. The number of hydrogen-bond donors (Lipinski definition) is 2. The Hall–Kier alpha value is -3.52. The van der Waals surface area contributed by atoms with E-state index in [0.717, 1.165) is 11.1 Å².